The molecule has 0 aliphatic rings. The average Bonchev–Trinajstić information content (AvgIpc) is 2.55. The lowest BCUT2D eigenvalue weighted by molar-refractivity contribution is 0.0952. The van der Waals surface area contributed by atoms with E-state index in [1.807, 2.05) is 25.1 Å². The van der Waals surface area contributed by atoms with Crippen molar-refractivity contribution in [2.24, 2.45) is 0 Å². The molecule has 0 unspecified atom stereocenters. The second kappa shape index (κ2) is 8.62. The molecule has 1 amide bonds. The summed E-state index contributed by atoms with van der Waals surface area (Å²) < 4.78 is 1.02. The second-order valence-electron chi connectivity index (χ2n) is 5.35. The normalized spacial score (nSPS) is 10.4. The summed E-state index contributed by atoms with van der Waals surface area (Å²) >= 11 is 3.49. The first kappa shape index (κ1) is 17.4. The molecule has 0 saturated heterocycles. The number of aryl methyl sites for hydroxylation is 1. The number of aromatic nitrogens is 2. The highest BCUT2D eigenvalue weighted by Crippen LogP contribution is 2.22. The summed E-state index contributed by atoms with van der Waals surface area (Å²) in [6.07, 6.45) is 6.31. The summed E-state index contributed by atoms with van der Waals surface area (Å²) in [4.78, 5) is 20.3. The van der Waals surface area contributed by atoms with Crippen LogP contribution in [0.15, 0.2) is 35.1 Å². The van der Waals surface area contributed by atoms with E-state index >= 15 is 0 Å². The number of amides is 1. The van der Waals surface area contributed by atoms with Gasteiger partial charge in [-0.1, -0.05) is 41.8 Å². The Bertz CT molecular complexity index is 658. The molecule has 2 N–H and O–H groups in total. The number of rotatable bonds is 7. The second-order valence-corrected chi connectivity index (χ2v) is 6.20. The van der Waals surface area contributed by atoms with Crippen molar-refractivity contribution in [3.63, 3.8) is 0 Å². The maximum atomic E-state index is 11.9. The van der Waals surface area contributed by atoms with E-state index < -0.39 is 0 Å². The number of carbonyl (C=O) groups is 1. The minimum atomic E-state index is -0.134. The molecule has 1 aromatic carbocycles. The van der Waals surface area contributed by atoms with E-state index in [0.29, 0.717) is 18.1 Å². The van der Waals surface area contributed by atoms with Crippen LogP contribution in [0.2, 0.25) is 0 Å². The van der Waals surface area contributed by atoms with Crippen LogP contribution in [-0.2, 0) is 0 Å². The van der Waals surface area contributed by atoms with E-state index in [1.54, 1.807) is 0 Å². The van der Waals surface area contributed by atoms with E-state index in [1.165, 1.54) is 12.4 Å². The largest absolute Gasteiger partial charge is 0.352 e. The van der Waals surface area contributed by atoms with Crippen LogP contribution < -0.4 is 10.6 Å². The molecule has 0 spiro atoms. The Morgan fingerprint density at radius 2 is 1.96 bits per heavy atom. The number of nitrogens with one attached hydrogen (secondary N) is 2. The predicted molar refractivity (Wildman–Crippen MR) is 96.1 cm³/mol. The van der Waals surface area contributed by atoms with Gasteiger partial charge in [-0.3, -0.25) is 4.79 Å². The first-order valence-corrected chi connectivity index (χ1v) is 8.53. The molecule has 6 heteroatoms. The third kappa shape index (κ3) is 5.32. The smallest absolute Gasteiger partial charge is 0.254 e. The predicted octanol–water partition coefficient (Wildman–Crippen LogP) is 4.21. The van der Waals surface area contributed by atoms with Gasteiger partial charge in [0.1, 0.15) is 0 Å². The molecule has 0 fully saturated rings. The van der Waals surface area contributed by atoms with Crippen molar-refractivity contribution < 1.29 is 4.79 Å². The molecule has 23 heavy (non-hydrogen) atoms. The minimum absolute atomic E-state index is 0.134. The summed E-state index contributed by atoms with van der Waals surface area (Å²) in [7, 11) is 0. The maximum Gasteiger partial charge on any atom is 0.254 e. The number of hydrogen-bond acceptors (Lipinski definition) is 4. The molecule has 2 aromatic rings. The van der Waals surface area contributed by atoms with Gasteiger partial charge in [0.2, 0.25) is 5.95 Å². The lowest BCUT2D eigenvalue weighted by Crippen LogP contribution is -2.24. The molecule has 5 nitrogen and oxygen atoms in total. The van der Waals surface area contributed by atoms with Crippen LogP contribution in [0.25, 0.3) is 0 Å². The van der Waals surface area contributed by atoms with Crippen molar-refractivity contribution in [1.82, 2.24) is 15.3 Å². The third-order valence-electron chi connectivity index (χ3n) is 3.41. The van der Waals surface area contributed by atoms with E-state index in [4.69, 9.17) is 0 Å². The van der Waals surface area contributed by atoms with Gasteiger partial charge in [-0.2, -0.15) is 0 Å². The Morgan fingerprint density at radius 1 is 1.22 bits per heavy atom. The summed E-state index contributed by atoms with van der Waals surface area (Å²) in [6, 6.07) is 5.93. The summed E-state index contributed by atoms with van der Waals surface area (Å²) in [5.74, 6) is 0.328. The molecular formula is C17H21BrN4O. The van der Waals surface area contributed by atoms with E-state index in [-0.39, 0.29) is 5.91 Å². The molecule has 0 atom stereocenters. The van der Waals surface area contributed by atoms with Crippen LogP contribution in [0.5, 0.6) is 0 Å². The first-order chi connectivity index (χ1) is 11.1. The summed E-state index contributed by atoms with van der Waals surface area (Å²) in [5.41, 5.74) is 2.52. The SMILES string of the molecule is CCCCCNC(=O)c1cnc(Nc2ccc(C)c(Br)c2)nc1. The number of halogens is 1. The number of nitrogens with zero attached hydrogens (tertiary/aromatic N) is 2. The zero-order valence-corrected chi connectivity index (χ0v) is 15.0. The summed E-state index contributed by atoms with van der Waals surface area (Å²) in [5, 5.41) is 5.99. The van der Waals surface area contributed by atoms with Crippen LogP contribution in [0.1, 0.15) is 42.1 Å². The topological polar surface area (TPSA) is 66.9 Å². The van der Waals surface area contributed by atoms with Crippen LogP contribution in [0.3, 0.4) is 0 Å². The number of anilines is 2. The van der Waals surface area contributed by atoms with Crippen molar-refractivity contribution in [3.8, 4) is 0 Å². The van der Waals surface area contributed by atoms with Crippen molar-refractivity contribution in [2.75, 3.05) is 11.9 Å². The molecule has 1 aromatic heterocycles. The molecule has 0 bridgehead atoms. The van der Waals surface area contributed by atoms with Gasteiger partial charge in [0.05, 0.1) is 5.56 Å². The fourth-order valence-electron chi connectivity index (χ4n) is 1.99. The van der Waals surface area contributed by atoms with Gasteiger partial charge < -0.3 is 10.6 Å². The van der Waals surface area contributed by atoms with Gasteiger partial charge in [-0.05, 0) is 31.0 Å². The Hall–Kier alpha value is -1.95. The van der Waals surface area contributed by atoms with Gasteiger partial charge in [-0.15, -0.1) is 0 Å². The van der Waals surface area contributed by atoms with E-state index in [2.05, 4.69) is 43.5 Å². The number of benzene rings is 1. The quantitative estimate of drug-likeness (QED) is 0.710. The zero-order valence-electron chi connectivity index (χ0n) is 13.4. The van der Waals surface area contributed by atoms with E-state index in [0.717, 1.165) is 35.0 Å². The van der Waals surface area contributed by atoms with Crippen molar-refractivity contribution in [1.29, 1.82) is 0 Å². The van der Waals surface area contributed by atoms with Crippen LogP contribution >= 0.6 is 15.9 Å². The Kier molecular flexibility index (Phi) is 6.52. The zero-order chi connectivity index (χ0) is 16.7. The van der Waals surface area contributed by atoms with Gasteiger partial charge in [0.25, 0.3) is 5.91 Å². The highest BCUT2D eigenvalue weighted by Gasteiger charge is 2.07. The fraction of sp³-hybridized carbons (Fsp3) is 0.353. The molecule has 0 aliphatic heterocycles. The van der Waals surface area contributed by atoms with Gasteiger partial charge in [0.15, 0.2) is 0 Å². The summed E-state index contributed by atoms with van der Waals surface area (Å²) in [6.45, 7) is 4.84. The molecule has 2 rings (SSSR count). The Morgan fingerprint density at radius 3 is 2.61 bits per heavy atom. The van der Waals surface area contributed by atoms with Crippen LogP contribution in [-0.4, -0.2) is 22.4 Å². The number of hydrogen-bond donors (Lipinski definition) is 2. The lowest BCUT2D eigenvalue weighted by atomic mass is 10.2. The molecule has 122 valence electrons. The molecular weight excluding hydrogens is 356 g/mol. The molecule has 0 radical (unpaired) electrons. The molecule has 1 heterocycles. The van der Waals surface area contributed by atoms with Gasteiger partial charge in [0, 0.05) is 29.1 Å². The van der Waals surface area contributed by atoms with Gasteiger partial charge in [-0.25, -0.2) is 9.97 Å². The average molecular weight is 377 g/mol. The maximum absolute atomic E-state index is 11.9. The number of carbonyl (C=O) groups excluding carboxylic acids is 1. The van der Waals surface area contributed by atoms with Crippen molar-refractivity contribution in [2.45, 2.75) is 33.1 Å². The monoisotopic (exact) mass is 376 g/mol. The Labute approximate surface area is 145 Å². The van der Waals surface area contributed by atoms with Crippen molar-refractivity contribution in [3.05, 3.63) is 46.2 Å². The third-order valence-corrected chi connectivity index (χ3v) is 4.26. The molecule has 0 aliphatic carbocycles. The van der Waals surface area contributed by atoms with Crippen molar-refractivity contribution >= 4 is 33.5 Å². The van der Waals surface area contributed by atoms with Crippen LogP contribution in [0, 0.1) is 6.92 Å². The Balaban J connectivity index is 1.93. The fourth-order valence-corrected chi connectivity index (χ4v) is 2.37. The standard InChI is InChI=1S/C17H21BrN4O/c1-3-4-5-8-19-16(23)13-10-20-17(21-11-13)22-14-7-6-12(2)15(18)9-14/h6-7,9-11H,3-5,8H2,1-2H3,(H,19,23)(H,20,21,22). The highest BCUT2D eigenvalue weighted by molar-refractivity contribution is 9.10. The van der Waals surface area contributed by atoms with Crippen LogP contribution in [0.4, 0.5) is 11.6 Å². The minimum Gasteiger partial charge on any atom is -0.352 e. The van der Waals surface area contributed by atoms with Gasteiger partial charge >= 0.3 is 0 Å². The first-order valence-electron chi connectivity index (χ1n) is 7.73. The van der Waals surface area contributed by atoms with E-state index in [9.17, 15) is 4.79 Å². The lowest BCUT2D eigenvalue weighted by Gasteiger charge is -2.07. The number of unbranched alkanes of at least 4 members (excludes halogenated alkanes) is 2. The molecule has 0 saturated carbocycles. The highest BCUT2D eigenvalue weighted by atomic mass is 79.9.